The molecule has 0 spiro atoms. The molecule has 2 rings (SSSR count). The second kappa shape index (κ2) is 6.29. The van der Waals surface area contributed by atoms with Crippen LogP contribution >= 0.6 is 0 Å². The van der Waals surface area contributed by atoms with E-state index >= 15 is 0 Å². The third-order valence-corrected chi connectivity index (χ3v) is 3.32. The smallest absolute Gasteiger partial charge is 0.320 e. The van der Waals surface area contributed by atoms with Crippen LogP contribution in [0.3, 0.4) is 0 Å². The van der Waals surface area contributed by atoms with Crippen LogP contribution in [-0.2, 0) is 4.79 Å². The average Bonchev–Trinajstić information content (AvgIpc) is 2.94. The number of aliphatic carboxylic acids is 1. The number of nitrogens with two attached hydrogens (primary N) is 1. The Hall–Kier alpha value is -2.21. The Labute approximate surface area is 117 Å². The van der Waals surface area contributed by atoms with Crippen LogP contribution in [0.15, 0.2) is 30.5 Å². The van der Waals surface area contributed by atoms with Gasteiger partial charge in [0.15, 0.2) is 0 Å². The summed E-state index contributed by atoms with van der Waals surface area (Å²) in [6.07, 6.45) is 2.24. The van der Waals surface area contributed by atoms with Gasteiger partial charge >= 0.3 is 5.97 Å². The van der Waals surface area contributed by atoms with E-state index in [1.807, 2.05) is 24.3 Å². The molecule has 1 aliphatic heterocycles. The number of benzene rings is 1. The van der Waals surface area contributed by atoms with Crippen molar-refractivity contribution in [1.29, 1.82) is 0 Å². The highest BCUT2D eigenvalue weighted by atomic mass is 16.5. The van der Waals surface area contributed by atoms with Crippen molar-refractivity contribution >= 4 is 11.7 Å². The lowest BCUT2D eigenvalue weighted by atomic mass is 10.1. The topological polar surface area (TPSA) is 96.6 Å². The van der Waals surface area contributed by atoms with Crippen LogP contribution in [0, 0.1) is 0 Å². The summed E-state index contributed by atoms with van der Waals surface area (Å²) >= 11 is 0. The predicted molar refractivity (Wildman–Crippen MR) is 76.1 cm³/mol. The van der Waals surface area contributed by atoms with Crippen LogP contribution in [0.5, 0.6) is 5.75 Å². The molecule has 1 saturated heterocycles. The second-order valence-electron chi connectivity index (χ2n) is 4.70. The highest BCUT2D eigenvalue weighted by Gasteiger charge is 2.28. The zero-order valence-corrected chi connectivity index (χ0v) is 11.3. The first-order valence-corrected chi connectivity index (χ1v) is 6.43. The van der Waals surface area contributed by atoms with Crippen LogP contribution in [0.25, 0.3) is 5.70 Å². The molecule has 6 heteroatoms. The molecule has 0 aromatic heterocycles. The fourth-order valence-corrected chi connectivity index (χ4v) is 2.22. The Balaban J connectivity index is 1.99. The highest BCUT2D eigenvalue weighted by molar-refractivity contribution is 5.74. The molecule has 1 heterocycles. The molecule has 0 saturated carbocycles. The summed E-state index contributed by atoms with van der Waals surface area (Å²) in [7, 11) is 1.60. The molecule has 0 radical (unpaired) electrons. The molecule has 1 aromatic rings. The van der Waals surface area contributed by atoms with Gasteiger partial charge in [0.05, 0.1) is 12.8 Å². The zero-order chi connectivity index (χ0) is 14.5. The molecule has 6 nitrogen and oxygen atoms in total. The van der Waals surface area contributed by atoms with Crippen LogP contribution < -0.4 is 21.1 Å². The van der Waals surface area contributed by atoms with E-state index in [1.165, 1.54) is 0 Å². The Morgan fingerprint density at radius 2 is 2.30 bits per heavy atom. The number of methoxy groups -OCH3 is 1. The van der Waals surface area contributed by atoms with Gasteiger partial charge in [0.2, 0.25) is 0 Å². The van der Waals surface area contributed by atoms with E-state index in [0.29, 0.717) is 24.4 Å². The van der Waals surface area contributed by atoms with Crippen molar-refractivity contribution in [2.24, 2.45) is 5.73 Å². The van der Waals surface area contributed by atoms with Gasteiger partial charge in [-0.05, 0) is 18.6 Å². The lowest BCUT2D eigenvalue weighted by Crippen LogP contribution is -2.30. The number of para-hydroxylation sites is 1. The van der Waals surface area contributed by atoms with Crippen LogP contribution in [0.1, 0.15) is 12.0 Å². The first-order chi connectivity index (χ1) is 9.61. The average molecular weight is 277 g/mol. The first-order valence-electron chi connectivity index (χ1n) is 6.43. The van der Waals surface area contributed by atoms with Crippen molar-refractivity contribution in [2.75, 3.05) is 13.7 Å². The van der Waals surface area contributed by atoms with E-state index in [2.05, 4.69) is 10.6 Å². The predicted octanol–water partition coefficient (Wildman–Crippen LogP) is 0.357. The molecule has 2 unspecified atom stereocenters. The molecule has 1 aliphatic rings. The van der Waals surface area contributed by atoms with Crippen molar-refractivity contribution in [3.05, 3.63) is 36.0 Å². The van der Waals surface area contributed by atoms with Crippen molar-refractivity contribution in [3.8, 4) is 5.75 Å². The maximum atomic E-state index is 10.8. The Bertz CT molecular complexity index is 516. The Morgan fingerprint density at radius 1 is 1.55 bits per heavy atom. The van der Waals surface area contributed by atoms with E-state index in [9.17, 15) is 4.79 Å². The fraction of sp³-hybridized carbons (Fsp3) is 0.357. The third kappa shape index (κ3) is 3.21. The summed E-state index contributed by atoms with van der Waals surface area (Å²) in [4.78, 5) is 10.8. The maximum absolute atomic E-state index is 10.8. The van der Waals surface area contributed by atoms with E-state index in [0.717, 1.165) is 5.56 Å². The van der Waals surface area contributed by atoms with Crippen LogP contribution in [-0.4, -0.2) is 36.8 Å². The highest BCUT2D eigenvalue weighted by Crippen LogP contribution is 2.22. The maximum Gasteiger partial charge on any atom is 0.320 e. The van der Waals surface area contributed by atoms with E-state index in [1.54, 1.807) is 13.3 Å². The van der Waals surface area contributed by atoms with Gasteiger partial charge in [-0.2, -0.15) is 0 Å². The van der Waals surface area contributed by atoms with E-state index < -0.39 is 12.0 Å². The minimum absolute atomic E-state index is 0.0596. The number of carboxylic acids is 1. The van der Waals surface area contributed by atoms with E-state index in [4.69, 9.17) is 15.6 Å². The fourth-order valence-electron chi connectivity index (χ4n) is 2.22. The molecule has 5 N–H and O–H groups in total. The number of carboxylic acid groups (broad SMARTS) is 1. The Morgan fingerprint density at radius 3 is 2.95 bits per heavy atom. The molecule has 1 fully saturated rings. The SMILES string of the molecule is COc1ccccc1/C(N)=C/NC1CNC(C(=O)O)C1. The second-order valence-corrected chi connectivity index (χ2v) is 4.70. The normalized spacial score (nSPS) is 22.6. The monoisotopic (exact) mass is 277 g/mol. The molecule has 0 bridgehead atoms. The first kappa shape index (κ1) is 14.2. The molecular weight excluding hydrogens is 258 g/mol. The summed E-state index contributed by atoms with van der Waals surface area (Å²) in [5.41, 5.74) is 7.39. The summed E-state index contributed by atoms with van der Waals surface area (Å²) < 4.78 is 5.25. The molecule has 108 valence electrons. The summed E-state index contributed by atoms with van der Waals surface area (Å²) in [5, 5.41) is 15.0. The van der Waals surface area contributed by atoms with Gasteiger partial charge in [0, 0.05) is 24.4 Å². The number of carbonyl (C=O) groups is 1. The van der Waals surface area contributed by atoms with Gasteiger partial charge in [-0.25, -0.2) is 0 Å². The number of hydrogen-bond acceptors (Lipinski definition) is 5. The molecule has 20 heavy (non-hydrogen) atoms. The summed E-state index contributed by atoms with van der Waals surface area (Å²) in [6, 6.07) is 7.04. The van der Waals surface area contributed by atoms with Crippen molar-refractivity contribution in [1.82, 2.24) is 10.6 Å². The Kier molecular flexibility index (Phi) is 4.47. The molecular formula is C14H19N3O3. The molecule has 0 amide bonds. The number of nitrogens with one attached hydrogen (secondary N) is 2. The molecule has 2 atom stereocenters. The minimum Gasteiger partial charge on any atom is -0.496 e. The molecule has 1 aromatic carbocycles. The van der Waals surface area contributed by atoms with Crippen LogP contribution in [0.4, 0.5) is 0 Å². The van der Waals surface area contributed by atoms with Crippen molar-refractivity contribution in [3.63, 3.8) is 0 Å². The largest absolute Gasteiger partial charge is 0.496 e. The van der Waals surface area contributed by atoms with Crippen LogP contribution in [0.2, 0.25) is 0 Å². The minimum atomic E-state index is -0.823. The quantitative estimate of drug-likeness (QED) is 0.620. The number of ether oxygens (including phenoxy) is 1. The zero-order valence-electron chi connectivity index (χ0n) is 11.3. The van der Waals surface area contributed by atoms with Gasteiger partial charge in [0.25, 0.3) is 0 Å². The summed E-state index contributed by atoms with van der Waals surface area (Å²) in [5.74, 6) is -0.119. The van der Waals surface area contributed by atoms with Crippen molar-refractivity contribution in [2.45, 2.75) is 18.5 Å². The van der Waals surface area contributed by atoms with Gasteiger partial charge in [-0.15, -0.1) is 0 Å². The lowest BCUT2D eigenvalue weighted by Gasteiger charge is -2.12. The number of hydrogen-bond donors (Lipinski definition) is 4. The number of rotatable bonds is 5. The van der Waals surface area contributed by atoms with Gasteiger partial charge in [0.1, 0.15) is 11.8 Å². The standard InChI is InChI=1S/C14H19N3O3/c1-20-13-5-3-2-4-10(13)11(15)8-16-9-6-12(14(18)19)17-7-9/h2-5,8-9,12,16-17H,6-7,15H2,1H3,(H,18,19)/b11-8-. The third-order valence-electron chi connectivity index (χ3n) is 3.32. The van der Waals surface area contributed by atoms with E-state index in [-0.39, 0.29) is 6.04 Å². The van der Waals surface area contributed by atoms with Crippen molar-refractivity contribution < 1.29 is 14.6 Å². The van der Waals surface area contributed by atoms with Gasteiger partial charge in [-0.1, -0.05) is 12.1 Å². The molecule has 0 aliphatic carbocycles. The van der Waals surface area contributed by atoms with Gasteiger partial charge < -0.3 is 26.2 Å². The van der Waals surface area contributed by atoms with Gasteiger partial charge in [-0.3, -0.25) is 4.79 Å². The lowest BCUT2D eigenvalue weighted by molar-refractivity contribution is -0.139. The summed E-state index contributed by atoms with van der Waals surface area (Å²) in [6.45, 7) is 0.604.